The van der Waals surface area contributed by atoms with Crippen LogP contribution in [0.15, 0.2) is 60.7 Å². The van der Waals surface area contributed by atoms with Crippen LogP contribution in [0.3, 0.4) is 0 Å². The first-order valence-corrected chi connectivity index (χ1v) is 6.91. The minimum absolute atomic E-state index is 0.281. The summed E-state index contributed by atoms with van der Waals surface area (Å²) in [5, 5.41) is 4.73. The quantitative estimate of drug-likeness (QED) is 0.737. The third kappa shape index (κ3) is 2.05. The van der Waals surface area contributed by atoms with Crippen LogP contribution in [0, 0.1) is 0 Å². The van der Waals surface area contributed by atoms with Crippen molar-refractivity contribution in [3.8, 4) is 0 Å². The molecule has 1 heterocycles. The van der Waals surface area contributed by atoms with E-state index < -0.39 is 0 Å². The van der Waals surface area contributed by atoms with Gasteiger partial charge in [0.1, 0.15) is 0 Å². The van der Waals surface area contributed by atoms with E-state index in [9.17, 15) is 0 Å². The van der Waals surface area contributed by atoms with Crippen LogP contribution in [0.5, 0.6) is 0 Å². The number of benzene rings is 2. The van der Waals surface area contributed by atoms with E-state index in [2.05, 4.69) is 66.0 Å². The van der Waals surface area contributed by atoms with Crippen molar-refractivity contribution < 1.29 is 0 Å². The summed E-state index contributed by atoms with van der Waals surface area (Å²) in [6, 6.07) is 21.7. The van der Waals surface area contributed by atoms with E-state index in [1.165, 1.54) is 20.5 Å². The highest BCUT2D eigenvalue weighted by Gasteiger charge is 2.14. The first-order valence-electron chi connectivity index (χ1n) is 6.09. The zero-order valence-corrected chi connectivity index (χ0v) is 11.1. The fraction of sp³-hybridized carbons (Fsp3) is 0.125. The van der Waals surface area contributed by atoms with Gasteiger partial charge in [-0.05, 0) is 30.1 Å². The third-order valence-corrected chi connectivity index (χ3v) is 4.33. The van der Waals surface area contributed by atoms with Gasteiger partial charge in [0, 0.05) is 9.58 Å². The highest BCUT2D eigenvalue weighted by atomic mass is 32.1. The predicted molar refractivity (Wildman–Crippen MR) is 79.2 cm³/mol. The molecular weight excluding hydrogens is 238 g/mol. The fourth-order valence-electron chi connectivity index (χ4n) is 2.26. The first kappa shape index (κ1) is 11.5. The third-order valence-electron chi connectivity index (χ3n) is 3.15. The van der Waals surface area contributed by atoms with Gasteiger partial charge in [-0.25, -0.2) is 0 Å². The van der Waals surface area contributed by atoms with Gasteiger partial charge in [-0.2, -0.15) is 0 Å². The highest BCUT2D eigenvalue weighted by Crippen LogP contribution is 2.32. The minimum Gasteiger partial charge on any atom is -0.309 e. The molecule has 1 atom stereocenters. The molecule has 2 heteroatoms. The van der Waals surface area contributed by atoms with E-state index >= 15 is 0 Å². The van der Waals surface area contributed by atoms with Gasteiger partial charge in [0.15, 0.2) is 0 Å². The molecule has 0 fully saturated rings. The number of fused-ring (bicyclic) bond motifs is 1. The molecule has 3 aromatic rings. The van der Waals surface area contributed by atoms with Crippen molar-refractivity contribution in [1.29, 1.82) is 0 Å². The molecule has 0 saturated heterocycles. The van der Waals surface area contributed by atoms with Crippen LogP contribution in [0.4, 0.5) is 0 Å². The van der Waals surface area contributed by atoms with Crippen LogP contribution in [-0.4, -0.2) is 7.05 Å². The van der Waals surface area contributed by atoms with Crippen LogP contribution in [0.2, 0.25) is 0 Å². The lowest BCUT2D eigenvalue weighted by Gasteiger charge is -2.14. The molecule has 0 bridgehead atoms. The second-order valence-corrected chi connectivity index (χ2v) is 5.43. The van der Waals surface area contributed by atoms with Gasteiger partial charge in [0.2, 0.25) is 0 Å². The summed E-state index contributed by atoms with van der Waals surface area (Å²) < 4.78 is 1.35. The van der Waals surface area contributed by atoms with E-state index in [4.69, 9.17) is 0 Å². The largest absolute Gasteiger partial charge is 0.309 e. The molecule has 0 aliphatic carbocycles. The van der Waals surface area contributed by atoms with Gasteiger partial charge in [0.25, 0.3) is 0 Å². The van der Waals surface area contributed by atoms with E-state index in [0.29, 0.717) is 0 Å². The highest BCUT2D eigenvalue weighted by molar-refractivity contribution is 7.19. The number of nitrogens with one attached hydrogen (secondary N) is 1. The molecule has 1 unspecified atom stereocenters. The van der Waals surface area contributed by atoms with Crippen molar-refractivity contribution in [2.45, 2.75) is 6.04 Å². The van der Waals surface area contributed by atoms with Crippen LogP contribution < -0.4 is 5.32 Å². The molecule has 1 aromatic heterocycles. The van der Waals surface area contributed by atoms with Gasteiger partial charge < -0.3 is 5.32 Å². The Labute approximate surface area is 111 Å². The first-order chi connectivity index (χ1) is 8.88. The van der Waals surface area contributed by atoms with Crippen molar-refractivity contribution >= 4 is 21.4 Å². The lowest BCUT2D eigenvalue weighted by molar-refractivity contribution is 0.704. The molecule has 1 N–H and O–H groups in total. The second kappa shape index (κ2) is 4.92. The van der Waals surface area contributed by atoms with Crippen molar-refractivity contribution in [3.05, 3.63) is 71.1 Å². The van der Waals surface area contributed by atoms with E-state index in [0.717, 1.165) is 0 Å². The molecule has 0 saturated carbocycles. The Balaban J connectivity index is 2.06. The average molecular weight is 253 g/mol. The van der Waals surface area contributed by atoms with Crippen molar-refractivity contribution in [2.75, 3.05) is 7.05 Å². The molecule has 0 radical (unpaired) electrons. The number of rotatable bonds is 3. The lowest BCUT2D eigenvalue weighted by Crippen LogP contribution is -2.16. The Hall–Kier alpha value is -1.64. The standard InChI is InChI=1S/C16H15NS/c1-17-16(12-7-3-2-4-8-12)15-11-13-9-5-6-10-14(13)18-15/h2-11,16-17H,1H3. The zero-order chi connectivity index (χ0) is 12.4. The number of hydrogen-bond donors (Lipinski definition) is 1. The molecule has 0 aliphatic heterocycles. The predicted octanol–water partition coefficient (Wildman–Crippen LogP) is 4.21. The summed E-state index contributed by atoms with van der Waals surface area (Å²) in [5.74, 6) is 0. The van der Waals surface area contributed by atoms with Gasteiger partial charge in [-0.3, -0.25) is 0 Å². The molecular formula is C16H15NS. The molecule has 18 heavy (non-hydrogen) atoms. The lowest BCUT2D eigenvalue weighted by atomic mass is 10.1. The fourth-order valence-corrected chi connectivity index (χ4v) is 3.47. The average Bonchev–Trinajstić information content (AvgIpc) is 2.84. The van der Waals surface area contributed by atoms with Crippen LogP contribution in [0.1, 0.15) is 16.5 Å². The molecule has 3 rings (SSSR count). The zero-order valence-electron chi connectivity index (χ0n) is 10.3. The maximum absolute atomic E-state index is 3.41. The molecule has 0 spiro atoms. The Bertz CT molecular complexity index is 609. The van der Waals surface area contributed by atoms with Crippen LogP contribution >= 0.6 is 11.3 Å². The Kier molecular flexibility index (Phi) is 3.13. The van der Waals surface area contributed by atoms with Gasteiger partial charge in [-0.15, -0.1) is 11.3 Å². The molecule has 0 aliphatic rings. The van der Waals surface area contributed by atoms with E-state index in [1.54, 1.807) is 0 Å². The summed E-state index contributed by atoms with van der Waals surface area (Å²) in [5.41, 5.74) is 1.31. The summed E-state index contributed by atoms with van der Waals surface area (Å²) in [6.07, 6.45) is 0. The molecule has 90 valence electrons. The van der Waals surface area contributed by atoms with Crippen LogP contribution in [-0.2, 0) is 0 Å². The van der Waals surface area contributed by atoms with Gasteiger partial charge in [0.05, 0.1) is 6.04 Å². The van der Waals surface area contributed by atoms with Crippen molar-refractivity contribution in [2.24, 2.45) is 0 Å². The van der Waals surface area contributed by atoms with Gasteiger partial charge in [-0.1, -0.05) is 48.5 Å². The van der Waals surface area contributed by atoms with Crippen molar-refractivity contribution in [1.82, 2.24) is 5.32 Å². The molecule has 1 nitrogen and oxygen atoms in total. The Morgan fingerprint density at radius 2 is 1.67 bits per heavy atom. The summed E-state index contributed by atoms with van der Waals surface area (Å²) in [4.78, 5) is 1.37. The maximum atomic E-state index is 3.41. The minimum atomic E-state index is 0.281. The Morgan fingerprint density at radius 1 is 0.944 bits per heavy atom. The summed E-state index contributed by atoms with van der Waals surface area (Å²) >= 11 is 1.86. The summed E-state index contributed by atoms with van der Waals surface area (Å²) in [7, 11) is 2.02. The number of thiophene rings is 1. The smallest absolute Gasteiger partial charge is 0.0669 e. The second-order valence-electron chi connectivity index (χ2n) is 4.32. The molecule has 2 aromatic carbocycles. The maximum Gasteiger partial charge on any atom is 0.0669 e. The van der Waals surface area contributed by atoms with E-state index in [1.807, 2.05) is 18.4 Å². The monoisotopic (exact) mass is 253 g/mol. The SMILES string of the molecule is CNC(c1ccccc1)c1cc2ccccc2s1. The molecule has 0 amide bonds. The van der Waals surface area contributed by atoms with E-state index in [-0.39, 0.29) is 6.04 Å². The Morgan fingerprint density at radius 3 is 2.39 bits per heavy atom. The topological polar surface area (TPSA) is 12.0 Å². The normalized spacial score (nSPS) is 12.7. The van der Waals surface area contributed by atoms with Gasteiger partial charge >= 0.3 is 0 Å². The van der Waals surface area contributed by atoms with Crippen molar-refractivity contribution in [3.63, 3.8) is 0 Å². The van der Waals surface area contributed by atoms with Crippen LogP contribution in [0.25, 0.3) is 10.1 Å². The number of hydrogen-bond acceptors (Lipinski definition) is 2. The summed E-state index contributed by atoms with van der Waals surface area (Å²) in [6.45, 7) is 0.